The minimum Gasteiger partial charge on any atom is -0.377 e. The number of hydrogen-bond acceptors (Lipinski definition) is 4. The van der Waals surface area contributed by atoms with Crippen molar-refractivity contribution < 1.29 is 13.2 Å². The molecule has 1 atom stereocenters. The van der Waals surface area contributed by atoms with Crippen LogP contribution in [-0.2, 0) is 20.2 Å². The molecule has 2 fully saturated rings. The van der Waals surface area contributed by atoms with E-state index >= 15 is 0 Å². The van der Waals surface area contributed by atoms with E-state index in [0.29, 0.717) is 25.6 Å². The summed E-state index contributed by atoms with van der Waals surface area (Å²) in [6, 6.07) is 10.5. The summed E-state index contributed by atoms with van der Waals surface area (Å²) in [5, 5.41) is 6.36. The molecule has 1 saturated heterocycles. The monoisotopic (exact) mass is 422 g/mol. The molecule has 0 radical (unpaired) electrons. The third-order valence-electron chi connectivity index (χ3n) is 5.59. The zero-order valence-corrected chi connectivity index (χ0v) is 18.1. The maximum atomic E-state index is 12.3. The Morgan fingerprint density at radius 1 is 1.21 bits per heavy atom. The van der Waals surface area contributed by atoms with Gasteiger partial charge in [-0.3, -0.25) is 4.99 Å². The molecule has 162 valence electrons. The second kappa shape index (κ2) is 10.4. The number of nitrogens with one attached hydrogen (secondary N) is 3. The molecule has 0 bridgehead atoms. The summed E-state index contributed by atoms with van der Waals surface area (Å²) >= 11 is 0. The highest BCUT2D eigenvalue weighted by Gasteiger charge is 2.43. The number of ether oxygens (including phenoxy) is 1. The van der Waals surface area contributed by atoms with Crippen LogP contribution < -0.4 is 15.4 Å². The van der Waals surface area contributed by atoms with Gasteiger partial charge in [0.15, 0.2) is 5.96 Å². The molecule has 8 heteroatoms. The van der Waals surface area contributed by atoms with E-state index in [4.69, 9.17) is 9.73 Å². The van der Waals surface area contributed by atoms with Gasteiger partial charge in [0.25, 0.3) is 0 Å². The second-order valence-corrected chi connectivity index (χ2v) is 9.85. The van der Waals surface area contributed by atoms with Crippen molar-refractivity contribution >= 4 is 16.0 Å². The molecule has 1 aromatic rings. The van der Waals surface area contributed by atoms with Crippen LogP contribution in [0.4, 0.5) is 0 Å². The van der Waals surface area contributed by atoms with E-state index in [0.717, 1.165) is 45.3 Å². The maximum Gasteiger partial charge on any atom is 0.213 e. The summed E-state index contributed by atoms with van der Waals surface area (Å²) in [5.41, 5.74) is 1.47. The highest BCUT2D eigenvalue weighted by atomic mass is 32.2. The quantitative estimate of drug-likeness (QED) is 0.395. The number of aliphatic imine (C=N–C) groups is 1. The first kappa shape index (κ1) is 22.1. The fourth-order valence-corrected chi connectivity index (χ4v) is 4.57. The molecular formula is C21H34N4O3S. The fraction of sp³-hybridized carbons (Fsp3) is 0.667. The van der Waals surface area contributed by atoms with E-state index in [9.17, 15) is 8.42 Å². The van der Waals surface area contributed by atoms with Crippen LogP contribution in [0.25, 0.3) is 0 Å². The Morgan fingerprint density at radius 2 is 2.00 bits per heavy atom. The molecular weight excluding hydrogens is 388 g/mol. The number of benzene rings is 1. The van der Waals surface area contributed by atoms with Gasteiger partial charge in [0, 0.05) is 31.7 Å². The Morgan fingerprint density at radius 3 is 2.66 bits per heavy atom. The Hall–Kier alpha value is -1.64. The van der Waals surface area contributed by atoms with Gasteiger partial charge in [-0.15, -0.1) is 0 Å². The number of sulfonamides is 1. The van der Waals surface area contributed by atoms with Crippen LogP contribution in [0.15, 0.2) is 35.3 Å². The van der Waals surface area contributed by atoms with Gasteiger partial charge >= 0.3 is 0 Å². The van der Waals surface area contributed by atoms with Crippen LogP contribution in [0.3, 0.4) is 0 Å². The summed E-state index contributed by atoms with van der Waals surface area (Å²) in [6.45, 7) is 4.83. The third kappa shape index (κ3) is 6.97. The van der Waals surface area contributed by atoms with Crippen molar-refractivity contribution in [2.24, 2.45) is 4.99 Å². The molecule has 3 rings (SSSR count). The van der Waals surface area contributed by atoms with Gasteiger partial charge in [0.05, 0.1) is 18.4 Å². The van der Waals surface area contributed by atoms with E-state index in [2.05, 4.69) is 39.6 Å². The molecule has 29 heavy (non-hydrogen) atoms. The van der Waals surface area contributed by atoms with Crippen molar-refractivity contribution in [1.29, 1.82) is 0 Å². The molecule has 1 saturated carbocycles. The van der Waals surface area contributed by atoms with E-state index in [1.54, 1.807) is 0 Å². The first-order valence-electron chi connectivity index (χ1n) is 10.7. The van der Waals surface area contributed by atoms with Crippen molar-refractivity contribution in [2.75, 3.05) is 38.5 Å². The van der Waals surface area contributed by atoms with Crippen molar-refractivity contribution in [3.63, 3.8) is 0 Å². The summed E-state index contributed by atoms with van der Waals surface area (Å²) in [6.07, 6.45) is 5.36. The highest BCUT2D eigenvalue weighted by Crippen LogP contribution is 2.48. The van der Waals surface area contributed by atoms with Crippen molar-refractivity contribution in [3.8, 4) is 0 Å². The number of hydrogen-bond donors (Lipinski definition) is 3. The first-order valence-corrected chi connectivity index (χ1v) is 12.3. The van der Waals surface area contributed by atoms with E-state index in [-0.39, 0.29) is 17.3 Å². The average molecular weight is 423 g/mol. The van der Waals surface area contributed by atoms with Crippen LogP contribution in [0, 0.1) is 0 Å². The SMILES string of the molecule is CCNC(=NCC1(c2ccccc2)CC1)NCCS(=O)(=O)NCC1CCCCO1. The lowest BCUT2D eigenvalue weighted by Gasteiger charge is -2.22. The summed E-state index contributed by atoms with van der Waals surface area (Å²) in [4.78, 5) is 4.72. The molecule has 2 aliphatic rings. The minimum absolute atomic E-state index is 0.00177. The van der Waals surface area contributed by atoms with Crippen LogP contribution in [-0.4, -0.2) is 59.0 Å². The van der Waals surface area contributed by atoms with E-state index < -0.39 is 10.0 Å². The van der Waals surface area contributed by atoms with Gasteiger partial charge in [0.1, 0.15) is 0 Å². The van der Waals surface area contributed by atoms with E-state index in [1.807, 2.05) is 13.0 Å². The molecule has 1 heterocycles. The third-order valence-corrected chi connectivity index (χ3v) is 6.94. The minimum atomic E-state index is -3.34. The van der Waals surface area contributed by atoms with Gasteiger partial charge in [-0.05, 0) is 44.6 Å². The lowest BCUT2D eigenvalue weighted by Crippen LogP contribution is -2.43. The number of nitrogens with zero attached hydrogens (tertiary/aromatic N) is 1. The lowest BCUT2D eigenvalue weighted by atomic mass is 9.96. The highest BCUT2D eigenvalue weighted by molar-refractivity contribution is 7.89. The van der Waals surface area contributed by atoms with Gasteiger partial charge in [-0.2, -0.15) is 0 Å². The smallest absolute Gasteiger partial charge is 0.213 e. The van der Waals surface area contributed by atoms with E-state index in [1.165, 1.54) is 5.56 Å². The van der Waals surface area contributed by atoms with Gasteiger partial charge in [-0.25, -0.2) is 13.1 Å². The molecule has 1 aromatic carbocycles. The second-order valence-electron chi connectivity index (χ2n) is 7.92. The fourth-order valence-electron chi connectivity index (χ4n) is 3.62. The predicted octanol–water partition coefficient (Wildman–Crippen LogP) is 1.76. The van der Waals surface area contributed by atoms with Crippen LogP contribution in [0.2, 0.25) is 0 Å². The van der Waals surface area contributed by atoms with Crippen molar-refractivity contribution in [3.05, 3.63) is 35.9 Å². The number of guanidine groups is 1. The standard InChI is InChI=1S/C21H34N4O3S/c1-2-22-20(24-17-21(11-12-21)18-8-4-3-5-9-18)23-13-15-29(26,27)25-16-19-10-6-7-14-28-19/h3-5,8-9,19,25H,2,6-7,10-17H2,1H3,(H2,22,23,24). The van der Waals surface area contributed by atoms with Crippen LogP contribution in [0.5, 0.6) is 0 Å². The molecule has 0 spiro atoms. The van der Waals surface area contributed by atoms with Crippen molar-refractivity contribution in [2.45, 2.75) is 50.5 Å². The normalized spacial score (nSPS) is 21.6. The Balaban J connectivity index is 1.45. The molecule has 7 nitrogen and oxygen atoms in total. The number of rotatable bonds is 10. The Bertz CT molecular complexity index is 757. The van der Waals surface area contributed by atoms with Gasteiger partial charge in [-0.1, -0.05) is 30.3 Å². The van der Waals surface area contributed by atoms with Crippen LogP contribution in [0.1, 0.15) is 44.6 Å². The lowest BCUT2D eigenvalue weighted by molar-refractivity contribution is 0.0200. The predicted molar refractivity (Wildman–Crippen MR) is 117 cm³/mol. The largest absolute Gasteiger partial charge is 0.377 e. The summed E-state index contributed by atoms with van der Waals surface area (Å²) in [5.74, 6) is 0.675. The molecule has 0 aromatic heterocycles. The topological polar surface area (TPSA) is 91.8 Å². The zero-order valence-electron chi connectivity index (χ0n) is 17.3. The van der Waals surface area contributed by atoms with Crippen molar-refractivity contribution in [1.82, 2.24) is 15.4 Å². The summed E-state index contributed by atoms with van der Waals surface area (Å²) < 4.78 is 32.8. The molecule has 0 amide bonds. The average Bonchev–Trinajstić information content (AvgIpc) is 3.53. The molecule has 1 aliphatic heterocycles. The molecule has 3 N–H and O–H groups in total. The maximum absolute atomic E-state index is 12.3. The molecule has 1 aliphatic carbocycles. The Kier molecular flexibility index (Phi) is 7.91. The van der Waals surface area contributed by atoms with Gasteiger partial charge in [0.2, 0.25) is 10.0 Å². The molecule has 1 unspecified atom stereocenters. The summed E-state index contributed by atoms with van der Waals surface area (Å²) in [7, 11) is -3.34. The first-order chi connectivity index (χ1) is 14.0. The Labute approximate surface area is 174 Å². The van der Waals surface area contributed by atoms with Gasteiger partial charge < -0.3 is 15.4 Å². The van der Waals surface area contributed by atoms with Crippen LogP contribution >= 0.6 is 0 Å². The zero-order chi connectivity index (χ0) is 20.6.